The lowest BCUT2D eigenvalue weighted by atomic mass is 10.2. The SMILES string of the molecule is CC(C)NC(=O)Nc1ccc(-c2nc3ccccc3s2)cc1. The van der Waals surface area contributed by atoms with Gasteiger partial charge in [0.25, 0.3) is 0 Å². The second kappa shape index (κ2) is 6.15. The number of nitrogens with zero attached hydrogens (tertiary/aromatic N) is 1. The number of thiazole rings is 1. The second-order valence-corrected chi connectivity index (χ2v) is 6.35. The molecule has 4 nitrogen and oxygen atoms in total. The van der Waals surface area contributed by atoms with E-state index in [1.165, 1.54) is 4.70 Å². The summed E-state index contributed by atoms with van der Waals surface area (Å²) in [7, 11) is 0. The van der Waals surface area contributed by atoms with Gasteiger partial charge in [-0.25, -0.2) is 9.78 Å². The molecule has 3 rings (SSSR count). The molecule has 0 saturated heterocycles. The van der Waals surface area contributed by atoms with Gasteiger partial charge in [0, 0.05) is 17.3 Å². The van der Waals surface area contributed by atoms with Crippen molar-refractivity contribution in [3.8, 4) is 10.6 Å². The molecule has 0 radical (unpaired) electrons. The van der Waals surface area contributed by atoms with Gasteiger partial charge in [-0.1, -0.05) is 12.1 Å². The van der Waals surface area contributed by atoms with Crippen LogP contribution in [0.15, 0.2) is 48.5 Å². The minimum Gasteiger partial charge on any atom is -0.336 e. The predicted molar refractivity (Wildman–Crippen MR) is 92.3 cm³/mol. The van der Waals surface area contributed by atoms with E-state index in [1.54, 1.807) is 11.3 Å². The number of benzene rings is 2. The Morgan fingerprint density at radius 1 is 1.09 bits per heavy atom. The molecular formula is C17H17N3OS. The lowest BCUT2D eigenvalue weighted by molar-refractivity contribution is 0.250. The monoisotopic (exact) mass is 311 g/mol. The summed E-state index contributed by atoms with van der Waals surface area (Å²) in [5, 5.41) is 6.59. The van der Waals surface area contributed by atoms with Gasteiger partial charge in [-0.15, -0.1) is 11.3 Å². The third-order valence-electron chi connectivity index (χ3n) is 3.10. The van der Waals surface area contributed by atoms with E-state index >= 15 is 0 Å². The smallest absolute Gasteiger partial charge is 0.319 e. The quantitative estimate of drug-likeness (QED) is 0.748. The molecule has 5 heteroatoms. The highest BCUT2D eigenvalue weighted by molar-refractivity contribution is 7.21. The van der Waals surface area contributed by atoms with Gasteiger partial charge in [0.15, 0.2) is 0 Å². The largest absolute Gasteiger partial charge is 0.336 e. The fourth-order valence-corrected chi connectivity index (χ4v) is 3.09. The van der Waals surface area contributed by atoms with Crippen molar-refractivity contribution in [1.29, 1.82) is 0 Å². The molecule has 0 aliphatic heterocycles. The maximum atomic E-state index is 11.7. The Bertz CT molecular complexity index is 760. The van der Waals surface area contributed by atoms with Crippen molar-refractivity contribution in [1.82, 2.24) is 10.3 Å². The van der Waals surface area contributed by atoms with Gasteiger partial charge in [0.1, 0.15) is 5.01 Å². The van der Waals surface area contributed by atoms with E-state index in [9.17, 15) is 4.79 Å². The fourth-order valence-electron chi connectivity index (χ4n) is 2.12. The van der Waals surface area contributed by atoms with Crippen LogP contribution in [0.3, 0.4) is 0 Å². The number of para-hydroxylation sites is 1. The number of urea groups is 1. The van der Waals surface area contributed by atoms with Gasteiger partial charge >= 0.3 is 6.03 Å². The van der Waals surface area contributed by atoms with Crippen molar-refractivity contribution in [3.05, 3.63) is 48.5 Å². The van der Waals surface area contributed by atoms with Crippen LogP contribution in [-0.2, 0) is 0 Å². The van der Waals surface area contributed by atoms with Gasteiger partial charge in [0.2, 0.25) is 0 Å². The standard InChI is InChI=1S/C17H17N3OS/c1-11(2)18-17(21)19-13-9-7-12(8-10-13)16-20-14-5-3-4-6-15(14)22-16/h3-11H,1-2H3,(H2,18,19,21). The summed E-state index contributed by atoms with van der Waals surface area (Å²) in [6.07, 6.45) is 0. The molecule has 0 unspecified atom stereocenters. The summed E-state index contributed by atoms with van der Waals surface area (Å²) in [5.41, 5.74) is 2.83. The summed E-state index contributed by atoms with van der Waals surface area (Å²) < 4.78 is 1.18. The van der Waals surface area contributed by atoms with E-state index in [2.05, 4.69) is 21.7 Å². The van der Waals surface area contributed by atoms with Gasteiger partial charge < -0.3 is 10.6 Å². The number of hydrogen-bond acceptors (Lipinski definition) is 3. The molecule has 0 aliphatic rings. The summed E-state index contributed by atoms with van der Waals surface area (Å²) >= 11 is 1.67. The fraction of sp³-hybridized carbons (Fsp3) is 0.176. The highest BCUT2D eigenvalue weighted by Crippen LogP contribution is 2.30. The number of fused-ring (bicyclic) bond motifs is 1. The Kier molecular flexibility index (Phi) is 4.06. The molecule has 0 bridgehead atoms. The van der Waals surface area contributed by atoms with E-state index in [4.69, 9.17) is 0 Å². The first-order valence-corrected chi connectivity index (χ1v) is 7.97. The molecular weight excluding hydrogens is 294 g/mol. The Morgan fingerprint density at radius 3 is 2.50 bits per heavy atom. The minimum absolute atomic E-state index is 0.113. The normalized spacial score (nSPS) is 10.9. The van der Waals surface area contributed by atoms with Gasteiger partial charge in [0.05, 0.1) is 10.2 Å². The highest BCUT2D eigenvalue weighted by atomic mass is 32.1. The Balaban J connectivity index is 1.77. The van der Waals surface area contributed by atoms with E-state index in [-0.39, 0.29) is 12.1 Å². The Labute approximate surface area is 133 Å². The molecule has 2 aromatic carbocycles. The molecule has 0 fully saturated rings. The van der Waals surface area contributed by atoms with Crippen LogP contribution >= 0.6 is 11.3 Å². The lowest BCUT2D eigenvalue weighted by Gasteiger charge is -2.10. The Morgan fingerprint density at radius 2 is 1.82 bits per heavy atom. The van der Waals surface area contributed by atoms with Crippen molar-refractivity contribution >= 4 is 33.3 Å². The highest BCUT2D eigenvalue weighted by Gasteiger charge is 2.07. The summed E-state index contributed by atoms with van der Waals surface area (Å²) in [4.78, 5) is 16.3. The van der Waals surface area contributed by atoms with Gasteiger partial charge in [-0.3, -0.25) is 0 Å². The average molecular weight is 311 g/mol. The molecule has 0 spiro atoms. The van der Waals surface area contributed by atoms with Crippen LogP contribution in [0, 0.1) is 0 Å². The predicted octanol–water partition coefficient (Wildman–Crippen LogP) is 4.49. The van der Waals surface area contributed by atoms with Crippen LogP contribution in [0.5, 0.6) is 0 Å². The third kappa shape index (κ3) is 3.26. The van der Waals surface area contributed by atoms with E-state index < -0.39 is 0 Å². The summed E-state index contributed by atoms with van der Waals surface area (Å²) in [5.74, 6) is 0. The first-order valence-electron chi connectivity index (χ1n) is 7.15. The maximum Gasteiger partial charge on any atom is 0.319 e. The Hall–Kier alpha value is -2.40. The number of anilines is 1. The number of aromatic nitrogens is 1. The number of nitrogens with one attached hydrogen (secondary N) is 2. The third-order valence-corrected chi connectivity index (χ3v) is 4.19. The van der Waals surface area contributed by atoms with Crippen LogP contribution in [0.25, 0.3) is 20.8 Å². The molecule has 22 heavy (non-hydrogen) atoms. The number of rotatable bonds is 3. The molecule has 0 saturated carbocycles. The van der Waals surface area contributed by atoms with E-state index in [1.807, 2.05) is 56.3 Å². The van der Waals surface area contributed by atoms with Crippen molar-refractivity contribution in [2.75, 3.05) is 5.32 Å². The molecule has 112 valence electrons. The van der Waals surface area contributed by atoms with Crippen LogP contribution in [0.4, 0.5) is 10.5 Å². The van der Waals surface area contributed by atoms with Crippen molar-refractivity contribution in [2.24, 2.45) is 0 Å². The van der Waals surface area contributed by atoms with Gasteiger partial charge in [-0.05, 0) is 50.2 Å². The molecule has 3 aromatic rings. The van der Waals surface area contributed by atoms with Gasteiger partial charge in [-0.2, -0.15) is 0 Å². The second-order valence-electron chi connectivity index (χ2n) is 5.32. The molecule has 1 heterocycles. The van der Waals surface area contributed by atoms with Crippen molar-refractivity contribution < 1.29 is 4.79 Å². The van der Waals surface area contributed by atoms with Crippen LogP contribution in [0.2, 0.25) is 0 Å². The van der Waals surface area contributed by atoms with Crippen molar-refractivity contribution in [2.45, 2.75) is 19.9 Å². The number of hydrogen-bond donors (Lipinski definition) is 2. The molecule has 2 N–H and O–H groups in total. The summed E-state index contributed by atoms with van der Waals surface area (Å²) in [6.45, 7) is 3.85. The van der Waals surface area contributed by atoms with Crippen LogP contribution < -0.4 is 10.6 Å². The minimum atomic E-state index is -0.192. The molecule has 2 amide bonds. The van der Waals surface area contributed by atoms with E-state index in [0.717, 1.165) is 21.8 Å². The number of carbonyl (C=O) groups excluding carboxylic acids is 1. The van der Waals surface area contributed by atoms with E-state index in [0.29, 0.717) is 0 Å². The number of carbonyl (C=O) groups is 1. The van der Waals surface area contributed by atoms with Crippen LogP contribution in [-0.4, -0.2) is 17.1 Å². The topological polar surface area (TPSA) is 54.0 Å². The zero-order valence-electron chi connectivity index (χ0n) is 12.5. The zero-order chi connectivity index (χ0) is 15.5. The first-order chi connectivity index (χ1) is 10.6. The average Bonchev–Trinajstić information content (AvgIpc) is 2.91. The van der Waals surface area contributed by atoms with Crippen LogP contribution in [0.1, 0.15) is 13.8 Å². The first kappa shape index (κ1) is 14.5. The summed E-state index contributed by atoms with van der Waals surface area (Å²) in [6, 6.07) is 15.7. The lowest BCUT2D eigenvalue weighted by Crippen LogP contribution is -2.34. The van der Waals surface area contributed by atoms with Crippen molar-refractivity contribution in [3.63, 3.8) is 0 Å². The molecule has 0 atom stereocenters. The molecule has 0 aliphatic carbocycles. The maximum absolute atomic E-state index is 11.7. The number of amides is 2. The zero-order valence-corrected chi connectivity index (χ0v) is 13.3. The molecule has 1 aromatic heterocycles.